The molecule has 1 aromatic heterocycles. The zero-order valence-corrected chi connectivity index (χ0v) is 13.8. The first-order chi connectivity index (χ1) is 11.9. The molecule has 0 aliphatic carbocycles. The Morgan fingerprint density at radius 3 is 2.75 bits per heavy atom. The van der Waals surface area contributed by atoms with Crippen LogP contribution >= 0.6 is 0 Å². The van der Waals surface area contributed by atoms with E-state index in [1.54, 1.807) is 5.56 Å². The van der Waals surface area contributed by atoms with Crippen LogP contribution in [0.25, 0.3) is 10.9 Å². The Labute approximate surface area is 142 Å². The van der Waals surface area contributed by atoms with Crippen LogP contribution in [0, 0.1) is 0 Å². The average Bonchev–Trinajstić information content (AvgIpc) is 2.77. The molecule has 0 amide bonds. The minimum Gasteiger partial charge on any atom is -0.488 e. The van der Waals surface area contributed by atoms with Gasteiger partial charge in [0.1, 0.15) is 11.9 Å². The molecule has 24 heavy (non-hydrogen) atoms. The van der Waals surface area contributed by atoms with Crippen LogP contribution < -0.4 is 10.1 Å². The van der Waals surface area contributed by atoms with Crippen LogP contribution in [0.15, 0.2) is 48.5 Å². The second-order valence-corrected chi connectivity index (χ2v) is 6.86. The van der Waals surface area contributed by atoms with Crippen molar-refractivity contribution in [3.05, 3.63) is 65.4 Å². The number of rotatable bonds is 2. The standard InChI is InChI=1S/C21H22N2O/c1-2-6-16(7-3-1)24-17-13-15-5-4-8-19-18-9-11-22-12-10-20(18)23(14-17)21(15)19/h1-8,17,22H,9-14H2. The molecule has 3 heterocycles. The maximum absolute atomic E-state index is 6.30. The van der Waals surface area contributed by atoms with Crippen molar-refractivity contribution in [3.63, 3.8) is 0 Å². The molecule has 3 nitrogen and oxygen atoms in total. The van der Waals surface area contributed by atoms with E-state index in [0.717, 1.165) is 44.6 Å². The number of fused-ring (bicyclic) bond motifs is 3. The number of benzene rings is 2. The number of nitrogens with one attached hydrogen (secondary N) is 1. The monoisotopic (exact) mass is 318 g/mol. The predicted molar refractivity (Wildman–Crippen MR) is 96.8 cm³/mol. The molecule has 1 atom stereocenters. The van der Waals surface area contributed by atoms with Gasteiger partial charge in [0.2, 0.25) is 0 Å². The Balaban J connectivity index is 1.57. The molecule has 0 saturated heterocycles. The van der Waals surface area contributed by atoms with Crippen molar-refractivity contribution in [1.82, 2.24) is 9.88 Å². The van der Waals surface area contributed by atoms with E-state index in [9.17, 15) is 0 Å². The van der Waals surface area contributed by atoms with E-state index in [0.29, 0.717) is 0 Å². The third-order valence-corrected chi connectivity index (χ3v) is 5.36. The molecule has 0 fully saturated rings. The summed E-state index contributed by atoms with van der Waals surface area (Å²) in [6.45, 7) is 3.11. The fourth-order valence-corrected chi connectivity index (χ4v) is 4.37. The van der Waals surface area contributed by atoms with Gasteiger partial charge in [-0.05, 0) is 36.2 Å². The number of hydrogen-bond acceptors (Lipinski definition) is 2. The largest absolute Gasteiger partial charge is 0.488 e. The zero-order valence-electron chi connectivity index (χ0n) is 13.8. The van der Waals surface area contributed by atoms with Gasteiger partial charge in [0.15, 0.2) is 0 Å². The van der Waals surface area contributed by atoms with Crippen LogP contribution in [-0.4, -0.2) is 23.8 Å². The summed E-state index contributed by atoms with van der Waals surface area (Å²) in [6, 6.07) is 17.0. The molecule has 2 aliphatic rings. The highest BCUT2D eigenvalue weighted by atomic mass is 16.5. The number of nitrogens with zero attached hydrogens (tertiary/aromatic N) is 1. The van der Waals surface area contributed by atoms with Gasteiger partial charge < -0.3 is 14.6 Å². The van der Waals surface area contributed by atoms with E-state index >= 15 is 0 Å². The number of hydrogen-bond donors (Lipinski definition) is 1. The molecule has 3 aromatic rings. The Bertz CT molecular complexity index is 882. The molecule has 2 aliphatic heterocycles. The summed E-state index contributed by atoms with van der Waals surface area (Å²) in [5.74, 6) is 0.970. The molecule has 1 N–H and O–H groups in total. The highest BCUT2D eigenvalue weighted by molar-refractivity contribution is 5.89. The molecule has 0 radical (unpaired) electrons. The minimum absolute atomic E-state index is 0.207. The van der Waals surface area contributed by atoms with E-state index in [4.69, 9.17) is 4.74 Å². The fraction of sp³-hybridized carbons (Fsp3) is 0.333. The van der Waals surface area contributed by atoms with Crippen molar-refractivity contribution >= 4 is 10.9 Å². The smallest absolute Gasteiger partial charge is 0.121 e. The average molecular weight is 318 g/mol. The maximum atomic E-state index is 6.30. The van der Waals surface area contributed by atoms with Gasteiger partial charge >= 0.3 is 0 Å². The normalized spacial score (nSPS) is 19.8. The third kappa shape index (κ3) is 2.23. The van der Waals surface area contributed by atoms with E-state index < -0.39 is 0 Å². The molecule has 2 aromatic carbocycles. The fourth-order valence-electron chi connectivity index (χ4n) is 4.37. The van der Waals surface area contributed by atoms with Crippen LogP contribution in [0.1, 0.15) is 16.8 Å². The summed E-state index contributed by atoms with van der Waals surface area (Å²) in [5, 5.41) is 5.00. The molecular weight excluding hydrogens is 296 g/mol. The van der Waals surface area contributed by atoms with Crippen LogP contribution in [0.4, 0.5) is 0 Å². The molecule has 5 rings (SSSR count). The Hall–Kier alpha value is -2.26. The SMILES string of the molecule is c1ccc(OC2Cc3cccc4c5c(n(c34)C2)CCNCC5)cc1. The molecule has 122 valence electrons. The molecule has 3 heteroatoms. The maximum Gasteiger partial charge on any atom is 0.121 e. The predicted octanol–water partition coefficient (Wildman–Crippen LogP) is 3.33. The van der Waals surface area contributed by atoms with Gasteiger partial charge in [0.25, 0.3) is 0 Å². The minimum atomic E-state index is 0.207. The quantitative estimate of drug-likeness (QED) is 0.784. The summed E-state index contributed by atoms with van der Waals surface area (Å²) >= 11 is 0. The van der Waals surface area contributed by atoms with E-state index in [1.165, 1.54) is 22.2 Å². The Kier molecular flexibility index (Phi) is 3.34. The lowest BCUT2D eigenvalue weighted by Gasteiger charge is -2.27. The Morgan fingerprint density at radius 2 is 1.83 bits per heavy atom. The second-order valence-electron chi connectivity index (χ2n) is 6.86. The van der Waals surface area contributed by atoms with Crippen molar-refractivity contribution in [2.75, 3.05) is 13.1 Å². The molecule has 0 spiro atoms. The first-order valence-corrected chi connectivity index (χ1v) is 8.94. The summed E-state index contributed by atoms with van der Waals surface area (Å²) < 4.78 is 8.84. The highest BCUT2D eigenvalue weighted by Crippen LogP contribution is 2.35. The second kappa shape index (κ2) is 5.67. The number of ether oxygens (including phenoxy) is 1. The Morgan fingerprint density at radius 1 is 0.958 bits per heavy atom. The van der Waals surface area contributed by atoms with Crippen LogP contribution in [0.3, 0.4) is 0 Å². The summed E-state index contributed by atoms with van der Waals surface area (Å²) in [6.07, 6.45) is 3.44. The molecular formula is C21H22N2O. The van der Waals surface area contributed by atoms with Gasteiger partial charge in [0, 0.05) is 30.5 Å². The van der Waals surface area contributed by atoms with Gasteiger partial charge in [-0.25, -0.2) is 0 Å². The molecule has 0 saturated carbocycles. The van der Waals surface area contributed by atoms with Crippen molar-refractivity contribution in [2.45, 2.75) is 31.9 Å². The van der Waals surface area contributed by atoms with Gasteiger partial charge in [-0.15, -0.1) is 0 Å². The van der Waals surface area contributed by atoms with Crippen molar-refractivity contribution in [3.8, 4) is 5.75 Å². The van der Waals surface area contributed by atoms with Crippen LogP contribution in [0.2, 0.25) is 0 Å². The molecule has 0 bridgehead atoms. The number of aromatic nitrogens is 1. The highest BCUT2D eigenvalue weighted by Gasteiger charge is 2.27. The summed E-state index contributed by atoms with van der Waals surface area (Å²) in [7, 11) is 0. The van der Waals surface area contributed by atoms with E-state index in [1.807, 2.05) is 18.2 Å². The zero-order chi connectivity index (χ0) is 15.9. The van der Waals surface area contributed by atoms with Gasteiger partial charge in [-0.2, -0.15) is 0 Å². The van der Waals surface area contributed by atoms with E-state index in [-0.39, 0.29) is 6.10 Å². The van der Waals surface area contributed by atoms with Gasteiger partial charge in [-0.1, -0.05) is 36.4 Å². The summed E-state index contributed by atoms with van der Waals surface area (Å²) in [5.41, 5.74) is 5.96. The third-order valence-electron chi connectivity index (χ3n) is 5.36. The lowest BCUT2D eigenvalue weighted by molar-refractivity contribution is 0.176. The van der Waals surface area contributed by atoms with Crippen molar-refractivity contribution < 1.29 is 4.74 Å². The van der Waals surface area contributed by atoms with Gasteiger partial charge in [0.05, 0.1) is 12.1 Å². The lowest BCUT2D eigenvalue weighted by atomic mass is 10.00. The van der Waals surface area contributed by atoms with Crippen molar-refractivity contribution in [1.29, 1.82) is 0 Å². The summed E-state index contributed by atoms with van der Waals surface area (Å²) in [4.78, 5) is 0. The number of para-hydroxylation sites is 2. The van der Waals surface area contributed by atoms with E-state index in [2.05, 4.69) is 40.2 Å². The first kappa shape index (κ1) is 14.1. The molecule has 1 unspecified atom stereocenters. The topological polar surface area (TPSA) is 26.2 Å². The van der Waals surface area contributed by atoms with Crippen LogP contribution in [-0.2, 0) is 25.8 Å². The lowest BCUT2D eigenvalue weighted by Crippen LogP contribution is -2.30. The van der Waals surface area contributed by atoms with Crippen LogP contribution in [0.5, 0.6) is 5.75 Å². The first-order valence-electron chi connectivity index (χ1n) is 8.94. The van der Waals surface area contributed by atoms with Crippen molar-refractivity contribution in [2.24, 2.45) is 0 Å². The van der Waals surface area contributed by atoms with Gasteiger partial charge in [-0.3, -0.25) is 0 Å².